The van der Waals surface area contributed by atoms with Crippen LogP contribution in [-0.2, 0) is 14.0 Å². The van der Waals surface area contributed by atoms with Gasteiger partial charge in [-0.1, -0.05) is 38.9 Å². The molecule has 0 amide bonds. The molecule has 3 nitrogen and oxygen atoms in total. The summed E-state index contributed by atoms with van der Waals surface area (Å²) < 4.78 is 18.6. The van der Waals surface area contributed by atoms with Crippen LogP contribution in [-0.4, -0.2) is 25.1 Å². The minimum atomic E-state index is -1.77. The zero-order valence-corrected chi connectivity index (χ0v) is 17.4. The van der Waals surface area contributed by atoms with E-state index in [0.29, 0.717) is 0 Å². The molecule has 0 saturated heterocycles. The predicted molar refractivity (Wildman–Crippen MR) is 83.4 cm³/mol. The minimum absolute atomic E-state index is 0. The molecule has 0 bridgehead atoms. The van der Waals surface area contributed by atoms with Crippen molar-refractivity contribution in [2.45, 2.75) is 98.8 Å². The molecular weight excluding hydrogens is 262 g/mol. The second-order valence-electron chi connectivity index (χ2n) is 6.94. The van der Waals surface area contributed by atoms with E-state index in [0.717, 1.165) is 12.8 Å². The number of rotatable bonds is 9. The Bertz CT molecular complexity index is 229. The van der Waals surface area contributed by atoms with Crippen LogP contribution in [0.1, 0.15) is 75.2 Å². The molecule has 0 atom stereocenters. The van der Waals surface area contributed by atoms with Crippen LogP contribution < -0.4 is 29.6 Å². The summed E-state index contributed by atoms with van der Waals surface area (Å²) in [4.78, 5) is 0. The fraction of sp³-hybridized carbons (Fsp3) is 1.00. The fourth-order valence-electron chi connectivity index (χ4n) is 2.54. The second kappa shape index (κ2) is 9.86. The fourth-order valence-corrected chi connectivity index (χ4v) is 2.54. The Morgan fingerprint density at radius 3 is 1.30 bits per heavy atom. The van der Waals surface area contributed by atoms with Crippen molar-refractivity contribution in [3.63, 3.8) is 0 Å². The van der Waals surface area contributed by atoms with Crippen LogP contribution in [0, 0.1) is 0 Å². The average molecular weight is 296 g/mol. The van der Waals surface area contributed by atoms with Gasteiger partial charge in [-0.3, -0.25) is 0 Å². The molecule has 0 spiro atoms. The molecule has 0 rings (SSSR count). The SMILES string of the molecule is CCCC(C)(C)[B-](OC(C)C)(OC(C)C)OC(C)C.[Na+]. The topological polar surface area (TPSA) is 27.7 Å². The molecule has 0 aliphatic rings. The van der Waals surface area contributed by atoms with Gasteiger partial charge < -0.3 is 14.0 Å². The van der Waals surface area contributed by atoms with Gasteiger partial charge in [0.25, 0.3) is 0 Å². The third-order valence-electron chi connectivity index (χ3n) is 3.21. The maximum absolute atomic E-state index is 6.20. The van der Waals surface area contributed by atoms with Crippen LogP contribution in [0.25, 0.3) is 0 Å². The maximum atomic E-state index is 6.20. The molecule has 0 saturated carbocycles. The van der Waals surface area contributed by atoms with Gasteiger partial charge in [-0.15, -0.1) is 0 Å². The van der Waals surface area contributed by atoms with Crippen LogP contribution in [0.5, 0.6) is 0 Å². The van der Waals surface area contributed by atoms with Crippen LogP contribution in [0.2, 0.25) is 5.31 Å². The third kappa shape index (κ3) is 7.28. The van der Waals surface area contributed by atoms with E-state index in [1.807, 2.05) is 41.5 Å². The molecule has 0 heterocycles. The van der Waals surface area contributed by atoms with Gasteiger partial charge in [0, 0.05) is 18.3 Å². The Balaban J connectivity index is 0. The number of hydrogen-bond acceptors (Lipinski definition) is 3. The molecular formula is C15H34BNaO3. The van der Waals surface area contributed by atoms with Crippen LogP contribution in [0.4, 0.5) is 0 Å². The van der Waals surface area contributed by atoms with Crippen LogP contribution in [0.15, 0.2) is 0 Å². The van der Waals surface area contributed by atoms with E-state index in [9.17, 15) is 0 Å². The molecule has 20 heavy (non-hydrogen) atoms. The maximum Gasteiger partial charge on any atom is 1.00 e. The smallest absolute Gasteiger partial charge is 0.542 e. The van der Waals surface area contributed by atoms with Gasteiger partial charge in [-0.2, -0.15) is 0 Å². The number of hydrogen-bond donors (Lipinski definition) is 0. The van der Waals surface area contributed by atoms with Crippen molar-refractivity contribution in [3.05, 3.63) is 0 Å². The first-order chi connectivity index (χ1) is 8.56. The first-order valence-corrected chi connectivity index (χ1v) is 7.73. The Morgan fingerprint density at radius 1 is 0.800 bits per heavy atom. The van der Waals surface area contributed by atoms with Crippen molar-refractivity contribution in [2.75, 3.05) is 0 Å². The first-order valence-electron chi connectivity index (χ1n) is 7.73. The summed E-state index contributed by atoms with van der Waals surface area (Å²) in [6, 6.07) is 0. The molecule has 0 aliphatic carbocycles. The molecule has 0 aromatic heterocycles. The summed E-state index contributed by atoms with van der Waals surface area (Å²) in [6.45, 7) is 17.0. The van der Waals surface area contributed by atoms with Crippen molar-refractivity contribution in [1.29, 1.82) is 0 Å². The Kier molecular flexibility index (Phi) is 11.4. The molecule has 0 aromatic rings. The summed E-state index contributed by atoms with van der Waals surface area (Å²) in [5, 5.41) is -0.145. The van der Waals surface area contributed by atoms with E-state index in [4.69, 9.17) is 14.0 Å². The van der Waals surface area contributed by atoms with Crippen molar-refractivity contribution < 1.29 is 43.5 Å². The molecule has 0 unspecified atom stereocenters. The molecule has 0 fully saturated rings. The van der Waals surface area contributed by atoms with E-state index < -0.39 is 6.75 Å². The van der Waals surface area contributed by atoms with Gasteiger partial charge in [0.2, 0.25) is 0 Å². The monoisotopic (exact) mass is 296 g/mol. The predicted octanol–water partition coefficient (Wildman–Crippen LogP) is 1.78. The summed E-state index contributed by atoms with van der Waals surface area (Å²) in [7, 11) is 0. The zero-order valence-electron chi connectivity index (χ0n) is 15.4. The summed E-state index contributed by atoms with van der Waals surface area (Å²) >= 11 is 0. The van der Waals surface area contributed by atoms with E-state index in [1.54, 1.807) is 0 Å². The third-order valence-corrected chi connectivity index (χ3v) is 3.21. The van der Waals surface area contributed by atoms with Crippen LogP contribution >= 0.6 is 0 Å². The van der Waals surface area contributed by atoms with Gasteiger partial charge in [0.05, 0.1) is 0 Å². The zero-order chi connectivity index (χ0) is 15.3. The van der Waals surface area contributed by atoms with E-state index in [-0.39, 0.29) is 53.2 Å². The van der Waals surface area contributed by atoms with Gasteiger partial charge in [0.15, 0.2) is 0 Å². The summed E-state index contributed by atoms with van der Waals surface area (Å²) in [6.07, 6.45) is 2.33. The Morgan fingerprint density at radius 2 is 1.10 bits per heavy atom. The Hall–Kier alpha value is 0.945. The largest absolute Gasteiger partial charge is 1.00 e. The van der Waals surface area contributed by atoms with E-state index >= 15 is 0 Å². The normalized spacial score (nSPS) is 13.2. The quantitative estimate of drug-likeness (QED) is 0.607. The van der Waals surface area contributed by atoms with Crippen molar-refractivity contribution in [2.24, 2.45) is 0 Å². The molecule has 0 N–H and O–H groups in total. The first kappa shape index (κ1) is 23.2. The average Bonchev–Trinajstić information content (AvgIpc) is 2.12. The summed E-state index contributed by atoms with van der Waals surface area (Å²) in [5.74, 6) is 0. The molecule has 0 radical (unpaired) electrons. The molecule has 116 valence electrons. The second-order valence-corrected chi connectivity index (χ2v) is 6.94. The van der Waals surface area contributed by atoms with E-state index in [2.05, 4.69) is 20.8 Å². The van der Waals surface area contributed by atoms with Gasteiger partial charge in [-0.25, -0.2) is 0 Å². The summed E-state index contributed by atoms with van der Waals surface area (Å²) in [5.41, 5.74) is 0. The van der Waals surface area contributed by atoms with Crippen molar-refractivity contribution >= 4 is 6.75 Å². The van der Waals surface area contributed by atoms with Crippen molar-refractivity contribution in [3.8, 4) is 0 Å². The van der Waals surface area contributed by atoms with Gasteiger partial charge >= 0.3 is 36.3 Å². The van der Waals surface area contributed by atoms with Crippen molar-refractivity contribution in [1.82, 2.24) is 0 Å². The van der Waals surface area contributed by atoms with Crippen LogP contribution in [0.3, 0.4) is 0 Å². The van der Waals surface area contributed by atoms with Gasteiger partial charge in [-0.05, 0) is 41.5 Å². The molecule has 0 aromatic carbocycles. The van der Waals surface area contributed by atoms with E-state index in [1.165, 1.54) is 0 Å². The minimum Gasteiger partial charge on any atom is -0.542 e. The standard InChI is InChI=1S/C15H34BO3.Na/c1-10-11-15(8,9)16(17-12(2)3,18-13(4)5)19-14(6)7;/h12-14H,10-11H2,1-9H3;/q-1;+1. The molecule has 5 heteroatoms. The van der Waals surface area contributed by atoms with Gasteiger partial charge in [0.1, 0.15) is 0 Å². The Labute approximate surface area is 148 Å². The molecule has 0 aliphatic heterocycles.